The predicted octanol–water partition coefficient (Wildman–Crippen LogP) is 2.69. The zero-order valence-corrected chi connectivity index (χ0v) is 16.2. The minimum absolute atomic E-state index is 0.0348. The van der Waals surface area contributed by atoms with E-state index < -0.39 is 33.1 Å². The Morgan fingerprint density at radius 3 is 2.59 bits per heavy atom. The van der Waals surface area contributed by atoms with E-state index in [1.807, 2.05) is 0 Å². The molecule has 0 bridgehead atoms. The van der Waals surface area contributed by atoms with E-state index in [1.165, 1.54) is 12.1 Å². The Labute approximate surface area is 169 Å². The smallest absolute Gasteiger partial charge is 0.299 e. The van der Waals surface area contributed by atoms with Crippen molar-refractivity contribution in [3.05, 3.63) is 65.2 Å². The first kappa shape index (κ1) is 20.8. The lowest BCUT2D eigenvalue weighted by atomic mass is 10.1. The van der Waals surface area contributed by atoms with E-state index in [9.17, 15) is 22.0 Å². The van der Waals surface area contributed by atoms with Crippen LogP contribution in [0.3, 0.4) is 0 Å². The van der Waals surface area contributed by atoms with E-state index in [0.717, 1.165) is 17.1 Å². The molecule has 0 aliphatic carbocycles. The van der Waals surface area contributed by atoms with Crippen LogP contribution in [0.2, 0.25) is 5.02 Å². The Hall–Kier alpha value is -2.89. The summed E-state index contributed by atoms with van der Waals surface area (Å²) in [6.07, 6.45) is -2.01. The van der Waals surface area contributed by atoms with E-state index in [0.29, 0.717) is 10.6 Å². The van der Waals surface area contributed by atoms with Gasteiger partial charge < -0.3 is 5.32 Å². The van der Waals surface area contributed by atoms with Crippen LogP contribution in [0.25, 0.3) is 5.69 Å². The molecule has 0 spiro atoms. The van der Waals surface area contributed by atoms with E-state index in [2.05, 4.69) is 15.4 Å². The first-order valence-corrected chi connectivity index (χ1v) is 9.98. The standard InChI is InChI=1S/C17H14ClF2N5O3S/c18-12-4-2-1-3-10(12)7-15(26)23-11-5-6-13(14(8-11)29(21,27)28)25-9-22-17(24-25)16(19)20/h1-6,8-9,16H,7H2,(H,23,26)(H2,21,27,28). The largest absolute Gasteiger partial charge is 0.326 e. The Kier molecular flexibility index (Phi) is 5.91. The molecule has 0 atom stereocenters. The predicted molar refractivity (Wildman–Crippen MR) is 101 cm³/mol. The lowest BCUT2D eigenvalue weighted by Gasteiger charge is -2.11. The van der Waals surface area contributed by atoms with Gasteiger partial charge in [-0.15, -0.1) is 5.10 Å². The summed E-state index contributed by atoms with van der Waals surface area (Å²) in [6, 6.07) is 10.6. The lowest BCUT2D eigenvalue weighted by Crippen LogP contribution is -2.18. The molecule has 0 aliphatic heterocycles. The van der Waals surface area contributed by atoms with Gasteiger partial charge in [0.15, 0.2) is 0 Å². The molecule has 0 radical (unpaired) electrons. The molecule has 1 heterocycles. The first-order valence-electron chi connectivity index (χ1n) is 8.05. The van der Waals surface area contributed by atoms with Crippen molar-refractivity contribution >= 4 is 33.2 Å². The summed E-state index contributed by atoms with van der Waals surface area (Å²) in [5.41, 5.74) is 0.650. The summed E-state index contributed by atoms with van der Waals surface area (Å²) in [6.45, 7) is 0. The first-order chi connectivity index (χ1) is 13.6. The fourth-order valence-corrected chi connectivity index (χ4v) is 3.47. The SMILES string of the molecule is NS(=O)(=O)c1cc(NC(=O)Cc2ccccc2Cl)ccc1-n1cnc(C(F)F)n1. The van der Waals surface area contributed by atoms with Crippen molar-refractivity contribution in [2.24, 2.45) is 5.14 Å². The van der Waals surface area contributed by atoms with Gasteiger partial charge in [-0.3, -0.25) is 4.79 Å². The van der Waals surface area contributed by atoms with Crippen molar-refractivity contribution in [3.63, 3.8) is 0 Å². The molecular formula is C17H14ClF2N5O3S. The van der Waals surface area contributed by atoms with Crippen molar-refractivity contribution in [2.75, 3.05) is 5.32 Å². The van der Waals surface area contributed by atoms with Crippen LogP contribution in [0.4, 0.5) is 14.5 Å². The van der Waals surface area contributed by atoms with Gasteiger partial charge in [-0.25, -0.2) is 32.0 Å². The molecule has 0 fully saturated rings. The number of nitrogens with zero attached hydrogens (tertiary/aromatic N) is 3. The lowest BCUT2D eigenvalue weighted by molar-refractivity contribution is -0.115. The molecule has 0 aliphatic rings. The number of carbonyl (C=O) groups excluding carboxylic acids is 1. The number of nitrogens with one attached hydrogen (secondary N) is 1. The van der Waals surface area contributed by atoms with Crippen LogP contribution >= 0.6 is 11.6 Å². The highest BCUT2D eigenvalue weighted by Gasteiger charge is 2.20. The molecule has 0 unspecified atom stereocenters. The molecular weight excluding hydrogens is 428 g/mol. The van der Waals surface area contributed by atoms with Gasteiger partial charge in [0.05, 0.1) is 12.1 Å². The zero-order chi connectivity index (χ0) is 21.2. The Morgan fingerprint density at radius 2 is 1.97 bits per heavy atom. The maximum absolute atomic E-state index is 12.7. The average Bonchev–Trinajstić information content (AvgIpc) is 3.13. The quantitative estimate of drug-likeness (QED) is 0.609. The third-order valence-electron chi connectivity index (χ3n) is 3.81. The van der Waals surface area contributed by atoms with Gasteiger partial charge in [0.2, 0.25) is 21.8 Å². The number of amides is 1. The van der Waals surface area contributed by atoms with E-state index in [-0.39, 0.29) is 17.8 Å². The summed E-state index contributed by atoms with van der Waals surface area (Å²) in [7, 11) is -4.27. The molecule has 1 amide bonds. The zero-order valence-electron chi connectivity index (χ0n) is 14.6. The van der Waals surface area contributed by atoms with Gasteiger partial charge in [0.1, 0.15) is 11.2 Å². The molecule has 3 aromatic rings. The maximum atomic E-state index is 12.7. The molecule has 0 saturated carbocycles. The van der Waals surface area contributed by atoms with Gasteiger partial charge in [-0.2, -0.15) is 0 Å². The molecule has 3 rings (SSSR count). The molecule has 2 aromatic carbocycles. The fourth-order valence-electron chi connectivity index (χ4n) is 2.52. The van der Waals surface area contributed by atoms with Crippen LogP contribution < -0.4 is 10.5 Å². The Morgan fingerprint density at radius 1 is 1.24 bits per heavy atom. The van der Waals surface area contributed by atoms with Crippen molar-refractivity contribution in [1.29, 1.82) is 0 Å². The number of nitrogens with two attached hydrogens (primary N) is 1. The average molecular weight is 442 g/mol. The highest BCUT2D eigenvalue weighted by molar-refractivity contribution is 7.89. The highest BCUT2D eigenvalue weighted by Crippen LogP contribution is 2.24. The maximum Gasteiger partial charge on any atom is 0.299 e. The molecule has 8 nitrogen and oxygen atoms in total. The van der Waals surface area contributed by atoms with Crippen molar-refractivity contribution in [2.45, 2.75) is 17.7 Å². The van der Waals surface area contributed by atoms with Gasteiger partial charge in [0, 0.05) is 10.7 Å². The minimum Gasteiger partial charge on any atom is -0.326 e. The fraction of sp³-hybridized carbons (Fsp3) is 0.118. The molecule has 0 saturated heterocycles. The summed E-state index contributed by atoms with van der Waals surface area (Å²) in [5, 5.41) is 11.8. The number of carbonyl (C=O) groups is 1. The van der Waals surface area contributed by atoms with Crippen LogP contribution in [-0.4, -0.2) is 29.1 Å². The normalized spacial score (nSPS) is 11.6. The summed E-state index contributed by atoms with van der Waals surface area (Å²) < 4.78 is 50.2. The summed E-state index contributed by atoms with van der Waals surface area (Å²) in [4.78, 5) is 15.3. The van der Waals surface area contributed by atoms with Gasteiger partial charge in [-0.1, -0.05) is 29.8 Å². The topological polar surface area (TPSA) is 120 Å². The van der Waals surface area contributed by atoms with Crippen LogP contribution in [0.15, 0.2) is 53.7 Å². The second-order valence-electron chi connectivity index (χ2n) is 5.89. The number of rotatable bonds is 6. The number of hydrogen-bond donors (Lipinski definition) is 2. The second-order valence-corrected chi connectivity index (χ2v) is 7.83. The summed E-state index contributed by atoms with van der Waals surface area (Å²) in [5.74, 6) is -1.20. The molecule has 1 aromatic heterocycles. The van der Waals surface area contributed by atoms with Crippen LogP contribution in [0, 0.1) is 0 Å². The number of hydrogen-bond acceptors (Lipinski definition) is 5. The van der Waals surface area contributed by atoms with Crippen molar-refractivity contribution in [1.82, 2.24) is 14.8 Å². The molecule has 12 heteroatoms. The third-order valence-corrected chi connectivity index (χ3v) is 5.12. The third kappa shape index (κ3) is 4.94. The number of anilines is 1. The van der Waals surface area contributed by atoms with Gasteiger partial charge >= 0.3 is 0 Å². The van der Waals surface area contributed by atoms with Crippen molar-refractivity contribution in [3.8, 4) is 5.69 Å². The Balaban J connectivity index is 1.89. The van der Waals surface area contributed by atoms with Crippen LogP contribution in [-0.2, 0) is 21.2 Å². The van der Waals surface area contributed by atoms with E-state index >= 15 is 0 Å². The number of halogens is 3. The van der Waals surface area contributed by atoms with Gasteiger partial charge in [0.25, 0.3) is 6.43 Å². The van der Waals surface area contributed by atoms with Gasteiger partial charge in [-0.05, 0) is 29.8 Å². The number of aromatic nitrogens is 3. The van der Waals surface area contributed by atoms with Crippen molar-refractivity contribution < 1.29 is 22.0 Å². The van der Waals surface area contributed by atoms with E-state index in [1.54, 1.807) is 24.3 Å². The molecule has 3 N–H and O–H groups in total. The number of primary sulfonamides is 1. The second kappa shape index (κ2) is 8.23. The number of sulfonamides is 1. The Bertz CT molecular complexity index is 1170. The van der Waals surface area contributed by atoms with E-state index in [4.69, 9.17) is 16.7 Å². The number of benzene rings is 2. The van der Waals surface area contributed by atoms with Crippen LogP contribution in [0.5, 0.6) is 0 Å². The molecule has 152 valence electrons. The minimum atomic E-state index is -4.27. The monoisotopic (exact) mass is 441 g/mol. The number of alkyl halides is 2. The van der Waals surface area contributed by atoms with Crippen LogP contribution in [0.1, 0.15) is 17.8 Å². The summed E-state index contributed by atoms with van der Waals surface area (Å²) >= 11 is 6.02. The highest BCUT2D eigenvalue weighted by atomic mass is 35.5. The molecule has 29 heavy (non-hydrogen) atoms.